The first kappa shape index (κ1) is 14.2. The van der Waals surface area contributed by atoms with Crippen molar-refractivity contribution < 1.29 is 38.7 Å². The molecule has 1 amide bonds. The zero-order chi connectivity index (χ0) is 13.2. The van der Waals surface area contributed by atoms with Crippen LogP contribution in [0.3, 0.4) is 0 Å². The number of alkyl halides is 2. The zero-order valence-corrected chi connectivity index (χ0v) is 8.53. The van der Waals surface area contributed by atoms with Crippen LogP contribution in [0.2, 0.25) is 0 Å². The molecule has 0 aromatic carbocycles. The van der Waals surface area contributed by atoms with E-state index in [0.717, 1.165) is 0 Å². The Hall–Kier alpha value is -0.870. The molecule has 0 aromatic rings. The van der Waals surface area contributed by atoms with Gasteiger partial charge in [0.05, 0.1) is 6.61 Å². The van der Waals surface area contributed by atoms with Gasteiger partial charge in [-0.25, -0.2) is 0 Å². The van der Waals surface area contributed by atoms with Crippen molar-refractivity contribution >= 4 is 5.91 Å². The van der Waals surface area contributed by atoms with Gasteiger partial charge in [-0.3, -0.25) is 4.79 Å². The summed E-state index contributed by atoms with van der Waals surface area (Å²) in [5, 5.41) is 38.6. The smallest absolute Gasteiger partial charge is 0.315 e. The second-order valence-electron chi connectivity index (χ2n) is 3.56. The molecule has 17 heavy (non-hydrogen) atoms. The highest BCUT2D eigenvalue weighted by molar-refractivity contribution is 5.79. The molecule has 0 aliphatic carbocycles. The normalized spacial score (nSPS) is 38.2. The molecule has 0 spiro atoms. The fourth-order valence-electron chi connectivity index (χ4n) is 1.48. The van der Waals surface area contributed by atoms with Crippen LogP contribution in [0, 0.1) is 0 Å². The standard InChI is InChI=1S/C8H13F2NO6/c9-6(10)7(15)11-3-5(14)4(13)2(1-12)17-8(3)16/h2-6,8,12-14,16H,1H2,(H,11,15)/t2-,3+,4-,5-,8?/m1/s1. The number of amides is 1. The van der Waals surface area contributed by atoms with Crippen LogP contribution in [0.4, 0.5) is 8.78 Å². The van der Waals surface area contributed by atoms with Crippen LogP contribution in [-0.4, -0.2) is 70.0 Å². The van der Waals surface area contributed by atoms with Crippen molar-refractivity contribution in [3.63, 3.8) is 0 Å². The predicted octanol–water partition coefficient (Wildman–Crippen LogP) is -2.83. The number of nitrogens with one attached hydrogen (secondary N) is 1. The average molecular weight is 257 g/mol. The van der Waals surface area contributed by atoms with Crippen molar-refractivity contribution in [3.8, 4) is 0 Å². The molecule has 9 heteroatoms. The highest BCUT2D eigenvalue weighted by Crippen LogP contribution is 2.19. The van der Waals surface area contributed by atoms with Gasteiger partial charge >= 0.3 is 6.43 Å². The molecule has 100 valence electrons. The lowest BCUT2D eigenvalue weighted by Gasteiger charge is -2.40. The first-order chi connectivity index (χ1) is 7.88. The third kappa shape index (κ3) is 3.07. The van der Waals surface area contributed by atoms with Crippen molar-refractivity contribution in [2.75, 3.05) is 6.61 Å². The molecule has 1 rings (SSSR count). The van der Waals surface area contributed by atoms with Crippen molar-refractivity contribution in [2.45, 2.75) is 37.1 Å². The van der Waals surface area contributed by atoms with Crippen LogP contribution < -0.4 is 5.32 Å². The summed E-state index contributed by atoms with van der Waals surface area (Å²) in [6.07, 6.45) is -9.69. The van der Waals surface area contributed by atoms with Crippen molar-refractivity contribution in [2.24, 2.45) is 0 Å². The summed E-state index contributed by atoms with van der Waals surface area (Å²) >= 11 is 0. The number of carbonyl (C=O) groups is 1. The highest BCUT2D eigenvalue weighted by atomic mass is 19.3. The molecule has 7 nitrogen and oxygen atoms in total. The summed E-state index contributed by atoms with van der Waals surface area (Å²) in [7, 11) is 0. The van der Waals surface area contributed by atoms with Crippen molar-refractivity contribution in [1.82, 2.24) is 5.32 Å². The summed E-state index contributed by atoms with van der Waals surface area (Å²) in [5.74, 6) is -1.70. The molecule has 0 aromatic heterocycles. The number of carbonyl (C=O) groups excluding carboxylic acids is 1. The van der Waals surface area contributed by atoms with Crippen molar-refractivity contribution in [1.29, 1.82) is 0 Å². The van der Waals surface area contributed by atoms with Gasteiger partial charge in [-0.15, -0.1) is 0 Å². The molecule has 1 fully saturated rings. The van der Waals surface area contributed by atoms with Crippen LogP contribution >= 0.6 is 0 Å². The second kappa shape index (κ2) is 5.65. The van der Waals surface area contributed by atoms with Gasteiger partial charge in [-0.2, -0.15) is 8.78 Å². The van der Waals surface area contributed by atoms with E-state index in [9.17, 15) is 28.9 Å². The van der Waals surface area contributed by atoms with Gasteiger partial charge in [0.2, 0.25) is 0 Å². The number of rotatable bonds is 3. The van der Waals surface area contributed by atoms with E-state index in [4.69, 9.17) is 5.11 Å². The molecule has 1 saturated heterocycles. The molecule has 0 saturated carbocycles. The van der Waals surface area contributed by atoms with Gasteiger partial charge in [0.15, 0.2) is 6.29 Å². The Morgan fingerprint density at radius 3 is 2.35 bits per heavy atom. The number of ether oxygens (including phenoxy) is 1. The predicted molar refractivity (Wildman–Crippen MR) is 47.9 cm³/mol. The largest absolute Gasteiger partial charge is 0.394 e. The molecular weight excluding hydrogens is 244 g/mol. The Labute approximate surface area is 94.6 Å². The van der Waals surface area contributed by atoms with Gasteiger partial charge in [0, 0.05) is 0 Å². The van der Waals surface area contributed by atoms with Crippen LogP contribution in [-0.2, 0) is 9.53 Å². The maximum Gasteiger partial charge on any atom is 0.315 e. The van der Waals surface area contributed by atoms with Gasteiger partial charge < -0.3 is 30.5 Å². The summed E-state index contributed by atoms with van der Waals surface area (Å²) < 4.78 is 28.6. The summed E-state index contributed by atoms with van der Waals surface area (Å²) in [5.41, 5.74) is 0. The second-order valence-corrected chi connectivity index (χ2v) is 3.56. The van der Waals surface area contributed by atoms with Crippen molar-refractivity contribution in [3.05, 3.63) is 0 Å². The summed E-state index contributed by atoms with van der Waals surface area (Å²) in [4.78, 5) is 10.7. The highest BCUT2D eigenvalue weighted by Gasteiger charge is 2.44. The Balaban J connectivity index is 2.69. The Morgan fingerprint density at radius 1 is 1.29 bits per heavy atom. The third-order valence-corrected chi connectivity index (χ3v) is 2.41. The number of hydrogen-bond donors (Lipinski definition) is 5. The van der Waals surface area contributed by atoms with Gasteiger partial charge in [-0.1, -0.05) is 0 Å². The van der Waals surface area contributed by atoms with E-state index in [1.165, 1.54) is 0 Å². The van der Waals surface area contributed by atoms with E-state index >= 15 is 0 Å². The minimum atomic E-state index is -3.32. The maximum atomic E-state index is 12.0. The topological polar surface area (TPSA) is 119 Å². The zero-order valence-electron chi connectivity index (χ0n) is 8.53. The summed E-state index contributed by atoms with van der Waals surface area (Å²) in [6.45, 7) is -0.676. The molecule has 0 radical (unpaired) electrons. The van der Waals surface area contributed by atoms with Crippen LogP contribution in [0.5, 0.6) is 0 Å². The van der Waals surface area contributed by atoms with E-state index in [1.807, 2.05) is 0 Å². The Bertz CT molecular complexity index is 279. The van der Waals surface area contributed by atoms with E-state index in [1.54, 1.807) is 5.32 Å². The molecule has 1 heterocycles. The number of aliphatic hydroxyl groups is 4. The maximum absolute atomic E-state index is 12.0. The molecule has 5 atom stereocenters. The fraction of sp³-hybridized carbons (Fsp3) is 0.875. The van der Waals surface area contributed by atoms with Crippen LogP contribution in [0.1, 0.15) is 0 Å². The van der Waals surface area contributed by atoms with E-state index in [-0.39, 0.29) is 0 Å². The molecule has 0 bridgehead atoms. The average Bonchev–Trinajstić information content (AvgIpc) is 2.28. The van der Waals surface area contributed by atoms with E-state index in [0.29, 0.717) is 0 Å². The Morgan fingerprint density at radius 2 is 1.88 bits per heavy atom. The van der Waals surface area contributed by atoms with Crippen LogP contribution in [0.25, 0.3) is 0 Å². The van der Waals surface area contributed by atoms with Crippen LogP contribution in [0.15, 0.2) is 0 Å². The third-order valence-electron chi connectivity index (χ3n) is 2.41. The number of halogens is 2. The van der Waals surface area contributed by atoms with Gasteiger partial charge in [0.25, 0.3) is 5.91 Å². The van der Waals surface area contributed by atoms with Gasteiger partial charge in [-0.05, 0) is 0 Å². The Kier molecular flexibility index (Phi) is 4.71. The fourth-order valence-corrected chi connectivity index (χ4v) is 1.48. The lowest BCUT2D eigenvalue weighted by atomic mass is 9.97. The quantitative estimate of drug-likeness (QED) is 0.372. The van der Waals surface area contributed by atoms with E-state index < -0.39 is 49.6 Å². The van der Waals surface area contributed by atoms with E-state index in [2.05, 4.69) is 4.74 Å². The monoisotopic (exact) mass is 257 g/mol. The summed E-state index contributed by atoms with van der Waals surface area (Å²) in [6, 6.07) is -1.59. The molecule has 1 aliphatic rings. The number of aliphatic hydroxyl groups excluding tert-OH is 4. The lowest BCUT2D eigenvalue weighted by molar-refractivity contribution is -0.254. The first-order valence-electron chi connectivity index (χ1n) is 4.77. The lowest BCUT2D eigenvalue weighted by Crippen LogP contribution is -2.64. The molecule has 5 N–H and O–H groups in total. The number of hydrogen-bond acceptors (Lipinski definition) is 6. The SMILES string of the molecule is O=C(N[C@@H]1C(O)O[C@H](CO)[C@@H](O)[C@@H]1O)C(F)F. The molecule has 1 unspecified atom stereocenters. The van der Waals surface area contributed by atoms with Gasteiger partial charge in [0.1, 0.15) is 24.4 Å². The molecular formula is C8H13F2NO6. The minimum absolute atomic E-state index is 0.676. The first-order valence-corrected chi connectivity index (χ1v) is 4.77. The molecule has 1 aliphatic heterocycles. The minimum Gasteiger partial charge on any atom is -0.394 e.